The molecule has 3 N–H and O–H groups in total. The summed E-state index contributed by atoms with van der Waals surface area (Å²) in [5.41, 5.74) is -1.79. The molecule has 232 valence electrons. The number of nitrogens with zero attached hydrogens (tertiary/aromatic N) is 2. The number of phenols is 1. The van der Waals surface area contributed by atoms with Crippen LogP contribution in [0.4, 0.5) is 0 Å². The van der Waals surface area contributed by atoms with Crippen LogP contribution in [0.1, 0.15) is 41.6 Å². The van der Waals surface area contributed by atoms with Crippen molar-refractivity contribution in [3.63, 3.8) is 0 Å². The van der Waals surface area contributed by atoms with E-state index in [4.69, 9.17) is 30.5 Å². The lowest BCUT2D eigenvalue weighted by molar-refractivity contribution is -0.121. The molecule has 0 bridgehead atoms. The number of halogens is 1. The molecule has 3 atom stereocenters. The maximum absolute atomic E-state index is 14.2. The molecule has 1 aliphatic heterocycles. The molecule has 13 heteroatoms. The highest BCUT2D eigenvalue weighted by molar-refractivity contribution is 6.35. The minimum absolute atomic E-state index is 0.00376. The monoisotopic (exact) mass is 625 g/mol. The Hall–Kier alpha value is -4.71. The summed E-state index contributed by atoms with van der Waals surface area (Å²) in [6, 6.07) is 5.82. The summed E-state index contributed by atoms with van der Waals surface area (Å²) < 4.78 is 24.1. The van der Waals surface area contributed by atoms with Crippen LogP contribution >= 0.6 is 11.6 Å². The summed E-state index contributed by atoms with van der Waals surface area (Å²) >= 11 is 6.55. The van der Waals surface area contributed by atoms with E-state index >= 15 is 0 Å². The lowest BCUT2D eigenvalue weighted by atomic mass is 9.69. The normalized spacial score (nSPS) is 19.9. The second kappa shape index (κ2) is 12.1. The highest BCUT2D eigenvalue weighted by Gasteiger charge is 2.61. The van der Waals surface area contributed by atoms with E-state index in [2.05, 4.69) is 10.3 Å². The quantitative estimate of drug-likeness (QED) is 0.301. The minimum atomic E-state index is -2.02. The van der Waals surface area contributed by atoms with Gasteiger partial charge in [-0.25, -0.2) is 4.98 Å². The van der Waals surface area contributed by atoms with Crippen LogP contribution in [-0.2, 0) is 16.1 Å². The number of allylic oxidation sites excluding steroid dienone is 1. The summed E-state index contributed by atoms with van der Waals surface area (Å²) in [4.78, 5) is 45.2. The van der Waals surface area contributed by atoms with E-state index in [1.807, 2.05) is 0 Å². The molecule has 2 aromatic carbocycles. The van der Waals surface area contributed by atoms with Crippen LogP contribution in [0.3, 0.4) is 0 Å². The fourth-order valence-electron chi connectivity index (χ4n) is 5.84. The van der Waals surface area contributed by atoms with Crippen LogP contribution in [0.25, 0.3) is 0 Å². The molecule has 1 spiro atoms. The van der Waals surface area contributed by atoms with Gasteiger partial charge in [-0.3, -0.25) is 14.4 Å². The van der Waals surface area contributed by atoms with Crippen LogP contribution < -0.4 is 24.3 Å². The van der Waals surface area contributed by atoms with Gasteiger partial charge in [0.2, 0.25) is 17.3 Å². The Bertz CT molecular complexity index is 1650. The van der Waals surface area contributed by atoms with Gasteiger partial charge in [0.25, 0.3) is 0 Å². The molecule has 2 heterocycles. The molecule has 1 amide bonds. The maximum Gasteiger partial charge on any atom is 0.231 e. The maximum atomic E-state index is 14.2. The van der Waals surface area contributed by atoms with Crippen LogP contribution in [-0.4, -0.2) is 70.7 Å². The Morgan fingerprint density at radius 3 is 2.55 bits per heavy atom. The van der Waals surface area contributed by atoms with Crippen LogP contribution in [0, 0.1) is 5.92 Å². The molecule has 1 aliphatic carbocycles. The molecular formula is C31H32ClN3O9. The zero-order valence-electron chi connectivity index (χ0n) is 24.5. The number of aromatic hydroxyl groups is 1. The fourth-order valence-corrected chi connectivity index (χ4v) is 6.10. The number of carbonyl (C=O) groups is 3. The first-order chi connectivity index (χ1) is 21.1. The predicted octanol–water partition coefficient (Wildman–Crippen LogP) is 3.99. The Labute approximate surface area is 258 Å². The number of hydrogen-bond acceptors (Lipinski definition) is 10. The van der Waals surface area contributed by atoms with Crippen molar-refractivity contribution in [1.29, 1.82) is 0 Å². The predicted molar refractivity (Wildman–Crippen MR) is 158 cm³/mol. The highest BCUT2D eigenvalue weighted by atomic mass is 35.5. The summed E-state index contributed by atoms with van der Waals surface area (Å²) in [7, 11) is 4.13. The molecule has 5 rings (SSSR count). The molecule has 0 saturated heterocycles. The molecule has 1 aromatic heterocycles. The number of hydrogen-bond donors (Lipinski definition) is 3. The minimum Gasteiger partial charge on any atom is -0.507 e. The van der Waals surface area contributed by atoms with E-state index in [1.54, 1.807) is 30.2 Å². The smallest absolute Gasteiger partial charge is 0.231 e. The van der Waals surface area contributed by atoms with Crippen molar-refractivity contribution in [2.75, 3.05) is 27.9 Å². The van der Waals surface area contributed by atoms with Crippen molar-refractivity contribution in [3.05, 3.63) is 70.5 Å². The van der Waals surface area contributed by atoms with Gasteiger partial charge in [-0.05, 0) is 17.7 Å². The first-order valence-electron chi connectivity index (χ1n) is 13.8. The number of fused-ring (bicyclic) bond motifs is 1. The van der Waals surface area contributed by atoms with Crippen molar-refractivity contribution in [3.8, 4) is 28.7 Å². The third-order valence-corrected chi connectivity index (χ3v) is 8.46. The van der Waals surface area contributed by atoms with Gasteiger partial charge in [-0.15, -0.1) is 0 Å². The third kappa shape index (κ3) is 5.08. The first kappa shape index (κ1) is 30.7. The number of aromatic nitrogens is 2. The number of imidazole rings is 1. The lowest BCUT2D eigenvalue weighted by Crippen LogP contribution is -2.53. The van der Waals surface area contributed by atoms with Gasteiger partial charge in [0, 0.05) is 61.8 Å². The van der Waals surface area contributed by atoms with Gasteiger partial charge in [0.1, 0.15) is 22.1 Å². The molecule has 0 radical (unpaired) electrons. The van der Waals surface area contributed by atoms with Crippen molar-refractivity contribution in [1.82, 2.24) is 14.9 Å². The van der Waals surface area contributed by atoms with Crippen LogP contribution in [0.15, 0.2) is 54.3 Å². The SMILES string of the molecule is COc1cc(C(CC(=O)NCCn2ccnc2)C2=C(O)[C@@]3(Oc4c(Cl)c(OC)cc(OC)c4C3=O)[C@H](C)CC2=O)ccc1O. The van der Waals surface area contributed by atoms with E-state index in [0.717, 1.165) is 0 Å². The zero-order chi connectivity index (χ0) is 31.8. The molecule has 1 unspecified atom stereocenters. The van der Waals surface area contributed by atoms with E-state index in [1.165, 1.54) is 45.6 Å². The average molecular weight is 626 g/mol. The van der Waals surface area contributed by atoms with E-state index in [9.17, 15) is 24.6 Å². The first-order valence-corrected chi connectivity index (χ1v) is 14.2. The summed E-state index contributed by atoms with van der Waals surface area (Å²) in [5.74, 6) is -3.78. The Balaban J connectivity index is 1.60. The van der Waals surface area contributed by atoms with Crippen molar-refractivity contribution < 1.29 is 43.5 Å². The second-order valence-electron chi connectivity index (χ2n) is 10.6. The number of phenolic OH excluding ortho intramolecular Hbond substituents is 1. The second-order valence-corrected chi connectivity index (χ2v) is 11.0. The molecule has 12 nitrogen and oxygen atoms in total. The lowest BCUT2D eigenvalue weighted by Gasteiger charge is -2.38. The van der Waals surface area contributed by atoms with Gasteiger partial charge < -0.3 is 39.0 Å². The molecule has 0 saturated carbocycles. The van der Waals surface area contributed by atoms with E-state index in [-0.39, 0.29) is 64.3 Å². The van der Waals surface area contributed by atoms with Gasteiger partial charge in [-0.2, -0.15) is 0 Å². The Morgan fingerprint density at radius 1 is 1.16 bits per heavy atom. The third-order valence-electron chi connectivity index (χ3n) is 8.11. The number of amides is 1. The zero-order valence-corrected chi connectivity index (χ0v) is 25.3. The standard InChI is InChI=1S/C31H32ClN3O9/c1-16-11-20(37)25(29(39)31(16)30(40)26-22(42-3)14-23(43-4)27(32)28(26)44-31)18(17-5-6-19(36)21(12-17)41-2)13-24(38)34-8-10-35-9-7-33-15-35/h5-7,9,12,14-16,18,36,39H,8,10-11,13H2,1-4H3,(H,34,38)/t16-,18?,31+/m1/s1. The summed E-state index contributed by atoms with van der Waals surface area (Å²) in [6.07, 6.45) is 4.56. The van der Waals surface area contributed by atoms with E-state index in [0.29, 0.717) is 12.1 Å². The molecular weight excluding hydrogens is 594 g/mol. The number of nitrogens with one attached hydrogen (secondary N) is 1. The Morgan fingerprint density at radius 2 is 1.89 bits per heavy atom. The summed E-state index contributed by atoms with van der Waals surface area (Å²) in [5, 5.41) is 25.1. The average Bonchev–Trinajstić information content (AvgIpc) is 3.63. The number of ether oxygens (including phenoxy) is 4. The molecule has 2 aliphatic rings. The van der Waals surface area contributed by atoms with Gasteiger partial charge in [0.15, 0.2) is 28.8 Å². The van der Waals surface area contributed by atoms with Crippen LogP contribution in [0.2, 0.25) is 5.02 Å². The summed E-state index contributed by atoms with van der Waals surface area (Å²) in [6.45, 7) is 2.36. The van der Waals surface area contributed by atoms with Gasteiger partial charge >= 0.3 is 0 Å². The number of methoxy groups -OCH3 is 3. The Kier molecular flexibility index (Phi) is 8.46. The molecule has 3 aromatic rings. The van der Waals surface area contributed by atoms with Gasteiger partial charge in [0.05, 0.1) is 27.7 Å². The van der Waals surface area contributed by atoms with Crippen LogP contribution in [0.5, 0.6) is 28.7 Å². The number of carbonyl (C=O) groups excluding carboxylic acids is 3. The largest absolute Gasteiger partial charge is 0.507 e. The number of Topliss-reactive ketones (excluding diaryl/α,β-unsaturated/α-hetero) is 2. The molecule has 0 fully saturated rings. The van der Waals surface area contributed by atoms with Crippen molar-refractivity contribution >= 4 is 29.1 Å². The molecule has 44 heavy (non-hydrogen) atoms. The van der Waals surface area contributed by atoms with Crippen molar-refractivity contribution in [2.24, 2.45) is 5.92 Å². The highest BCUT2D eigenvalue weighted by Crippen LogP contribution is 2.56. The van der Waals surface area contributed by atoms with E-state index < -0.39 is 40.7 Å². The fraction of sp³-hybridized carbons (Fsp3) is 0.355. The number of aliphatic hydroxyl groups excluding tert-OH is 1. The number of aliphatic hydroxyl groups is 1. The van der Waals surface area contributed by atoms with Gasteiger partial charge in [-0.1, -0.05) is 24.6 Å². The number of rotatable bonds is 10. The topological polar surface area (TPSA) is 158 Å². The number of benzene rings is 2. The van der Waals surface area contributed by atoms with Crippen molar-refractivity contribution in [2.45, 2.75) is 37.8 Å². The number of ketones is 2.